The van der Waals surface area contributed by atoms with E-state index in [1.165, 1.54) is 0 Å². The maximum Gasteiger partial charge on any atom is 0.338 e. The molecule has 0 aromatic heterocycles. The molecule has 29 heavy (non-hydrogen) atoms. The Morgan fingerprint density at radius 1 is 1.14 bits per heavy atom. The maximum absolute atomic E-state index is 12.6. The minimum Gasteiger partial charge on any atom is -0.463 e. The van der Waals surface area contributed by atoms with Gasteiger partial charge < -0.3 is 15.4 Å². The third kappa shape index (κ3) is 5.59. The van der Waals surface area contributed by atoms with Gasteiger partial charge in [0, 0.05) is 24.4 Å². The molecule has 0 spiro atoms. The summed E-state index contributed by atoms with van der Waals surface area (Å²) in [5.74, 6) is -0.461. The number of nitrogens with one attached hydrogen (secondary N) is 2. The molecule has 7 heteroatoms. The van der Waals surface area contributed by atoms with Gasteiger partial charge in [0.1, 0.15) is 0 Å². The Hall–Kier alpha value is -2.83. The lowest BCUT2D eigenvalue weighted by Crippen LogP contribution is -2.48. The summed E-state index contributed by atoms with van der Waals surface area (Å²) in [5, 5.41) is 5.78. The van der Waals surface area contributed by atoms with E-state index in [1.54, 1.807) is 30.9 Å². The summed E-state index contributed by atoms with van der Waals surface area (Å²) in [7, 11) is 0. The third-order valence-corrected chi connectivity index (χ3v) is 4.82. The minimum absolute atomic E-state index is 0.0243. The van der Waals surface area contributed by atoms with Gasteiger partial charge in [0.15, 0.2) is 0 Å². The second kappa shape index (κ2) is 10.6. The second-order valence-electron chi connectivity index (χ2n) is 7.03. The van der Waals surface area contributed by atoms with Gasteiger partial charge in [-0.2, -0.15) is 0 Å². The highest BCUT2D eigenvalue weighted by molar-refractivity contribution is 5.95. The van der Waals surface area contributed by atoms with Crippen molar-refractivity contribution in [2.24, 2.45) is 0 Å². The summed E-state index contributed by atoms with van der Waals surface area (Å²) in [5.41, 5.74) is 2.47. The molecule has 2 N–H and O–H groups in total. The number of unbranched alkanes of at least 4 members (excludes halogenated alkanes) is 1. The Bertz CT molecular complexity index is 771. The van der Waals surface area contributed by atoms with E-state index in [4.69, 9.17) is 4.74 Å². The number of urea groups is 1. The molecule has 1 aliphatic heterocycles. The first-order valence-corrected chi connectivity index (χ1v) is 10.3. The van der Waals surface area contributed by atoms with E-state index in [0.717, 1.165) is 24.8 Å². The lowest BCUT2D eigenvalue weighted by molar-refractivity contribution is -0.139. The topological polar surface area (TPSA) is 87.7 Å². The Balaban J connectivity index is 2.29. The average molecular weight is 402 g/mol. The molecule has 0 saturated carbocycles. The van der Waals surface area contributed by atoms with Gasteiger partial charge in [0.25, 0.3) is 0 Å². The highest BCUT2D eigenvalue weighted by atomic mass is 16.5. The van der Waals surface area contributed by atoms with Crippen molar-refractivity contribution in [3.05, 3.63) is 41.1 Å². The molecular weight excluding hydrogens is 370 g/mol. The van der Waals surface area contributed by atoms with Crippen LogP contribution in [-0.4, -0.2) is 36.0 Å². The number of carbonyl (C=O) groups is 3. The fourth-order valence-corrected chi connectivity index (χ4v) is 3.32. The van der Waals surface area contributed by atoms with Crippen molar-refractivity contribution in [2.45, 2.75) is 59.4 Å². The van der Waals surface area contributed by atoms with Gasteiger partial charge in [-0.05, 0) is 44.4 Å². The van der Waals surface area contributed by atoms with Crippen molar-refractivity contribution in [3.63, 3.8) is 0 Å². The normalized spacial score (nSPS) is 16.5. The molecule has 1 aromatic carbocycles. The van der Waals surface area contributed by atoms with Crippen LogP contribution >= 0.6 is 0 Å². The molecule has 7 nitrogen and oxygen atoms in total. The number of anilines is 1. The predicted molar refractivity (Wildman–Crippen MR) is 112 cm³/mol. The standard InChI is InChI=1S/C22H31N3O4/c1-5-8-9-18(26)23-17-12-10-16(11-13-17)20-19(21(27)29-7-3)15(4)25(14-6-2)22(28)24-20/h10-13,20H,5-9,14H2,1-4H3,(H,23,26)(H,24,28). The zero-order valence-electron chi connectivity index (χ0n) is 17.7. The smallest absolute Gasteiger partial charge is 0.338 e. The highest BCUT2D eigenvalue weighted by Crippen LogP contribution is 2.32. The lowest BCUT2D eigenvalue weighted by Gasteiger charge is -2.35. The number of benzene rings is 1. The first-order chi connectivity index (χ1) is 13.9. The Labute approximate surface area is 172 Å². The molecule has 0 fully saturated rings. The van der Waals surface area contributed by atoms with Crippen LogP contribution in [0.15, 0.2) is 35.5 Å². The van der Waals surface area contributed by atoms with Crippen molar-refractivity contribution in [3.8, 4) is 0 Å². The molecule has 2 rings (SSSR count). The van der Waals surface area contributed by atoms with Crippen molar-refractivity contribution < 1.29 is 19.1 Å². The molecule has 1 atom stereocenters. The number of amides is 3. The number of rotatable bonds is 9. The van der Waals surface area contributed by atoms with Crippen LogP contribution in [0.3, 0.4) is 0 Å². The SMILES string of the molecule is CCCCC(=O)Nc1ccc(C2NC(=O)N(CCC)C(C)=C2C(=O)OCC)cc1. The van der Waals surface area contributed by atoms with Gasteiger partial charge in [-0.25, -0.2) is 9.59 Å². The van der Waals surface area contributed by atoms with E-state index >= 15 is 0 Å². The number of carbonyl (C=O) groups excluding carboxylic acids is 3. The molecule has 1 heterocycles. The zero-order chi connectivity index (χ0) is 21.4. The summed E-state index contributed by atoms with van der Waals surface area (Å²) in [6.07, 6.45) is 3.07. The Morgan fingerprint density at radius 3 is 2.41 bits per heavy atom. The number of allylic oxidation sites excluding steroid dienone is 1. The summed E-state index contributed by atoms with van der Waals surface area (Å²) >= 11 is 0. The van der Waals surface area contributed by atoms with Crippen LogP contribution in [0.4, 0.5) is 10.5 Å². The minimum atomic E-state index is -0.598. The second-order valence-corrected chi connectivity index (χ2v) is 7.03. The van der Waals surface area contributed by atoms with Crippen molar-refractivity contribution in [1.29, 1.82) is 0 Å². The van der Waals surface area contributed by atoms with Crippen molar-refractivity contribution in [2.75, 3.05) is 18.5 Å². The molecule has 0 saturated heterocycles. The van der Waals surface area contributed by atoms with Gasteiger partial charge >= 0.3 is 12.0 Å². The molecule has 0 aliphatic carbocycles. The van der Waals surface area contributed by atoms with Crippen LogP contribution in [0.5, 0.6) is 0 Å². The lowest BCUT2D eigenvalue weighted by atomic mass is 9.94. The Morgan fingerprint density at radius 2 is 1.83 bits per heavy atom. The van der Waals surface area contributed by atoms with Gasteiger partial charge in [0.05, 0.1) is 18.2 Å². The molecule has 0 radical (unpaired) electrons. The van der Waals surface area contributed by atoms with Gasteiger partial charge in [0.2, 0.25) is 5.91 Å². The first-order valence-electron chi connectivity index (χ1n) is 10.3. The van der Waals surface area contributed by atoms with Gasteiger partial charge in [-0.15, -0.1) is 0 Å². The van der Waals surface area contributed by atoms with Crippen LogP contribution in [0.25, 0.3) is 0 Å². The molecule has 1 unspecified atom stereocenters. The fraction of sp³-hybridized carbons (Fsp3) is 0.500. The molecule has 1 aliphatic rings. The average Bonchev–Trinajstić information content (AvgIpc) is 2.69. The van der Waals surface area contributed by atoms with Crippen molar-refractivity contribution >= 4 is 23.6 Å². The van der Waals surface area contributed by atoms with E-state index in [2.05, 4.69) is 10.6 Å². The van der Waals surface area contributed by atoms with Crippen LogP contribution < -0.4 is 10.6 Å². The van der Waals surface area contributed by atoms with Crippen molar-refractivity contribution in [1.82, 2.24) is 10.2 Å². The van der Waals surface area contributed by atoms with E-state index in [9.17, 15) is 14.4 Å². The molecular formula is C22H31N3O4. The molecule has 3 amide bonds. The quantitative estimate of drug-likeness (QED) is 0.609. The van der Waals surface area contributed by atoms with Crippen LogP contribution in [0, 0.1) is 0 Å². The summed E-state index contributed by atoms with van der Waals surface area (Å²) in [6, 6.07) is 6.34. The highest BCUT2D eigenvalue weighted by Gasteiger charge is 2.36. The van der Waals surface area contributed by atoms with Crippen LogP contribution in [-0.2, 0) is 14.3 Å². The first kappa shape index (κ1) is 22.5. The fourth-order valence-electron chi connectivity index (χ4n) is 3.32. The zero-order valence-corrected chi connectivity index (χ0v) is 17.7. The number of esters is 1. The largest absolute Gasteiger partial charge is 0.463 e. The number of hydrogen-bond acceptors (Lipinski definition) is 4. The number of nitrogens with zero attached hydrogens (tertiary/aromatic N) is 1. The Kier molecular flexibility index (Phi) is 8.24. The van der Waals surface area contributed by atoms with E-state index < -0.39 is 12.0 Å². The van der Waals surface area contributed by atoms with E-state index in [-0.39, 0.29) is 18.5 Å². The van der Waals surface area contributed by atoms with E-state index in [1.807, 2.05) is 26.0 Å². The molecule has 158 valence electrons. The summed E-state index contributed by atoms with van der Waals surface area (Å²) < 4.78 is 5.25. The third-order valence-electron chi connectivity index (χ3n) is 4.82. The van der Waals surface area contributed by atoms with Crippen LogP contribution in [0.2, 0.25) is 0 Å². The summed E-state index contributed by atoms with van der Waals surface area (Å²) in [6.45, 7) is 8.33. The maximum atomic E-state index is 12.6. The predicted octanol–water partition coefficient (Wildman–Crippen LogP) is 4.13. The molecule has 0 bridgehead atoms. The van der Waals surface area contributed by atoms with E-state index in [0.29, 0.717) is 29.9 Å². The molecule has 1 aromatic rings. The van der Waals surface area contributed by atoms with Gasteiger partial charge in [-0.1, -0.05) is 32.4 Å². The van der Waals surface area contributed by atoms with Crippen LogP contribution in [0.1, 0.15) is 65.0 Å². The van der Waals surface area contributed by atoms with Gasteiger partial charge in [-0.3, -0.25) is 9.69 Å². The monoisotopic (exact) mass is 401 g/mol. The number of hydrogen-bond donors (Lipinski definition) is 2. The summed E-state index contributed by atoms with van der Waals surface area (Å²) in [4.78, 5) is 38.7. The number of ether oxygens (including phenoxy) is 1.